The number of rotatable bonds is 7. The molecular formula is C30H27NO4. The van der Waals surface area contributed by atoms with Gasteiger partial charge in [0.25, 0.3) is 0 Å². The molecule has 0 radical (unpaired) electrons. The quantitative estimate of drug-likeness (QED) is 0.314. The van der Waals surface area contributed by atoms with Crippen molar-refractivity contribution in [3.8, 4) is 0 Å². The molecule has 3 atom stereocenters. The Morgan fingerprint density at radius 2 is 1.37 bits per heavy atom. The number of pyridine rings is 1. The fraction of sp³-hybridized carbons (Fsp3) is 0.233. The van der Waals surface area contributed by atoms with Crippen molar-refractivity contribution in [2.24, 2.45) is 11.8 Å². The number of hydrogen-bond acceptors (Lipinski definition) is 5. The van der Waals surface area contributed by atoms with Gasteiger partial charge in [-0.15, -0.1) is 0 Å². The number of hydrogen-bond donors (Lipinski definition) is 0. The lowest BCUT2D eigenvalue weighted by atomic mass is 9.63. The Hall–Kier alpha value is -3.99. The molecule has 1 saturated carbocycles. The largest absolute Gasteiger partial charge is 0.462 e. The van der Waals surface area contributed by atoms with Crippen molar-refractivity contribution in [1.29, 1.82) is 0 Å². The van der Waals surface area contributed by atoms with Gasteiger partial charge in [-0.3, -0.25) is 4.98 Å². The van der Waals surface area contributed by atoms with Gasteiger partial charge < -0.3 is 9.47 Å². The van der Waals surface area contributed by atoms with E-state index in [2.05, 4.69) is 19.1 Å². The summed E-state index contributed by atoms with van der Waals surface area (Å²) < 4.78 is 11.3. The summed E-state index contributed by atoms with van der Waals surface area (Å²) in [6.07, 6.45) is 0.820. The van der Waals surface area contributed by atoms with Crippen LogP contribution in [0.4, 0.5) is 0 Å². The predicted molar refractivity (Wildman–Crippen MR) is 134 cm³/mol. The fourth-order valence-corrected chi connectivity index (χ4v) is 4.83. The Morgan fingerprint density at radius 3 is 2.03 bits per heavy atom. The van der Waals surface area contributed by atoms with Crippen LogP contribution in [0.2, 0.25) is 0 Å². The van der Waals surface area contributed by atoms with Gasteiger partial charge in [0.05, 0.1) is 29.9 Å². The molecule has 4 aromatic rings. The second-order valence-electron chi connectivity index (χ2n) is 9.08. The van der Waals surface area contributed by atoms with Gasteiger partial charge in [-0.2, -0.15) is 0 Å². The summed E-state index contributed by atoms with van der Waals surface area (Å²) in [6.45, 7) is 2.62. The van der Waals surface area contributed by atoms with Crippen LogP contribution in [-0.2, 0) is 9.47 Å². The number of aryl methyl sites for hydroxylation is 1. The van der Waals surface area contributed by atoms with Gasteiger partial charge in [0, 0.05) is 28.8 Å². The van der Waals surface area contributed by atoms with E-state index in [1.165, 1.54) is 5.56 Å². The second-order valence-corrected chi connectivity index (χ2v) is 9.08. The maximum Gasteiger partial charge on any atom is 0.338 e. The molecule has 3 aromatic carbocycles. The zero-order chi connectivity index (χ0) is 24.2. The highest BCUT2D eigenvalue weighted by atomic mass is 16.5. The van der Waals surface area contributed by atoms with E-state index in [1.807, 2.05) is 54.6 Å². The van der Waals surface area contributed by atoms with Crippen molar-refractivity contribution < 1.29 is 19.1 Å². The van der Waals surface area contributed by atoms with E-state index >= 15 is 0 Å². The van der Waals surface area contributed by atoms with Crippen LogP contribution in [0, 0.1) is 18.8 Å². The Morgan fingerprint density at radius 1 is 0.800 bits per heavy atom. The molecule has 1 fully saturated rings. The molecular weight excluding hydrogens is 438 g/mol. The first kappa shape index (κ1) is 22.8. The van der Waals surface area contributed by atoms with Crippen LogP contribution in [0.5, 0.6) is 0 Å². The Bertz CT molecular complexity index is 1340. The van der Waals surface area contributed by atoms with E-state index in [1.54, 1.807) is 24.3 Å². The molecule has 0 bridgehead atoms. The lowest BCUT2D eigenvalue weighted by Crippen LogP contribution is -2.42. The third kappa shape index (κ3) is 4.94. The van der Waals surface area contributed by atoms with Crippen LogP contribution in [0.3, 0.4) is 0 Å². The molecule has 0 aliphatic heterocycles. The predicted octanol–water partition coefficient (Wildman–Crippen LogP) is 5.98. The molecule has 1 aliphatic carbocycles. The molecule has 5 rings (SSSR count). The molecule has 1 unspecified atom stereocenters. The van der Waals surface area contributed by atoms with Crippen molar-refractivity contribution >= 4 is 22.8 Å². The normalized spacial score (nSPS) is 19.1. The molecule has 5 nitrogen and oxygen atoms in total. The molecule has 1 aromatic heterocycles. The summed E-state index contributed by atoms with van der Waals surface area (Å²) in [5.74, 6) is -0.459. The van der Waals surface area contributed by atoms with Crippen molar-refractivity contribution in [2.45, 2.75) is 19.3 Å². The number of esters is 2. The van der Waals surface area contributed by atoms with Crippen LogP contribution in [0.15, 0.2) is 91.0 Å². The number of carbonyl (C=O) groups excluding carboxylic acids is 2. The van der Waals surface area contributed by atoms with Crippen LogP contribution in [0.1, 0.15) is 44.3 Å². The first-order valence-corrected chi connectivity index (χ1v) is 11.9. The Kier molecular flexibility index (Phi) is 6.57. The van der Waals surface area contributed by atoms with Gasteiger partial charge in [0.1, 0.15) is 0 Å². The molecule has 0 N–H and O–H groups in total. The molecule has 5 heteroatoms. The number of para-hydroxylation sites is 1. The number of carbonyl (C=O) groups is 2. The molecule has 35 heavy (non-hydrogen) atoms. The Labute approximate surface area is 204 Å². The lowest BCUT2D eigenvalue weighted by Gasteiger charge is -2.43. The van der Waals surface area contributed by atoms with Gasteiger partial charge >= 0.3 is 11.9 Å². The SMILES string of the molecule is Cc1cc(C2C[C@H](COC(=O)c3ccccc3)[C@H]2COC(=O)c2ccccc2)nc2ccccc12. The summed E-state index contributed by atoms with van der Waals surface area (Å²) >= 11 is 0. The third-order valence-electron chi connectivity index (χ3n) is 6.86. The number of fused-ring (bicyclic) bond motifs is 1. The summed E-state index contributed by atoms with van der Waals surface area (Å²) in [6, 6.07) is 28.2. The minimum absolute atomic E-state index is 0.0132. The molecule has 0 saturated heterocycles. The van der Waals surface area contributed by atoms with E-state index < -0.39 is 0 Å². The highest BCUT2D eigenvalue weighted by Gasteiger charge is 2.44. The molecule has 0 spiro atoms. The molecule has 0 amide bonds. The Balaban J connectivity index is 1.33. The minimum Gasteiger partial charge on any atom is -0.462 e. The fourth-order valence-electron chi connectivity index (χ4n) is 4.83. The van der Waals surface area contributed by atoms with E-state index in [4.69, 9.17) is 14.5 Å². The zero-order valence-corrected chi connectivity index (χ0v) is 19.6. The number of benzene rings is 3. The monoisotopic (exact) mass is 465 g/mol. The second kappa shape index (κ2) is 10.1. The number of ether oxygens (including phenoxy) is 2. The van der Waals surface area contributed by atoms with Gasteiger partial charge in [0.2, 0.25) is 0 Å². The first-order valence-electron chi connectivity index (χ1n) is 11.9. The molecule has 176 valence electrons. The van der Waals surface area contributed by atoms with Crippen molar-refractivity contribution in [3.05, 3.63) is 113 Å². The van der Waals surface area contributed by atoms with Crippen LogP contribution in [0.25, 0.3) is 10.9 Å². The number of aromatic nitrogens is 1. The minimum atomic E-state index is -0.348. The standard InChI is InChI=1S/C30H27NO4/c1-20-16-28(31-27-15-9-8-14-24(20)27)25-17-23(18-34-29(32)21-10-4-2-5-11-21)26(25)19-35-30(33)22-12-6-3-7-13-22/h2-16,23,25-26H,17-19H2,1H3/t23-,25?,26-/m1/s1. The maximum absolute atomic E-state index is 12.6. The van der Waals surface area contributed by atoms with E-state index in [9.17, 15) is 9.59 Å². The topological polar surface area (TPSA) is 65.5 Å². The van der Waals surface area contributed by atoms with Crippen LogP contribution < -0.4 is 0 Å². The highest BCUT2D eigenvalue weighted by Crippen LogP contribution is 2.47. The maximum atomic E-state index is 12.6. The van der Waals surface area contributed by atoms with Crippen LogP contribution in [-0.4, -0.2) is 30.1 Å². The smallest absolute Gasteiger partial charge is 0.338 e. The van der Waals surface area contributed by atoms with Crippen molar-refractivity contribution in [3.63, 3.8) is 0 Å². The van der Waals surface area contributed by atoms with E-state index in [0.29, 0.717) is 11.1 Å². The van der Waals surface area contributed by atoms with Gasteiger partial charge in [-0.25, -0.2) is 9.59 Å². The summed E-state index contributed by atoms with van der Waals surface area (Å²) in [4.78, 5) is 30.0. The highest BCUT2D eigenvalue weighted by molar-refractivity contribution is 5.89. The summed E-state index contributed by atoms with van der Waals surface area (Å²) in [5, 5.41) is 1.14. The lowest BCUT2D eigenvalue weighted by molar-refractivity contribution is -0.0157. The average molecular weight is 466 g/mol. The van der Waals surface area contributed by atoms with Gasteiger partial charge in [-0.05, 0) is 55.3 Å². The van der Waals surface area contributed by atoms with Gasteiger partial charge in [-0.1, -0.05) is 54.6 Å². The molecule has 1 heterocycles. The summed E-state index contributed by atoms with van der Waals surface area (Å²) in [5.41, 5.74) is 4.18. The van der Waals surface area contributed by atoms with Gasteiger partial charge in [0.15, 0.2) is 0 Å². The first-order chi connectivity index (χ1) is 17.1. The number of nitrogens with zero attached hydrogens (tertiary/aromatic N) is 1. The average Bonchev–Trinajstić information content (AvgIpc) is 2.89. The van der Waals surface area contributed by atoms with Crippen molar-refractivity contribution in [1.82, 2.24) is 4.98 Å². The van der Waals surface area contributed by atoms with E-state index in [0.717, 1.165) is 23.0 Å². The molecule has 1 aliphatic rings. The van der Waals surface area contributed by atoms with E-state index in [-0.39, 0.29) is 42.9 Å². The summed E-state index contributed by atoms with van der Waals surface area (Å²) in [7, 11) is 0. The third-order valence-corrected chi connectivity index (χ3v) is 6.86. The van der Waals surface area contributed by atoms with Crippen LogP contribution >= 0.6 is 0 Å². The zero-order valence-electron chi connectivity index (χ0n) is 19.6. The van der Waals surface area contributed by atoms with Crippen molar-refractivity contribution in [2.75, 3.05) is 13.2 Å².